The van der Waals surface area contributed by atoms with Gasteiger partial charge < -0.3 is 14.6 Å². The second-order valence-corrected chi connectivity index (χ2v) is 8.57. The molecule has 9 heteroatoms. The zero-order chi connectivity index (χ0) is 23.9. The normalized spacial score (nSPS) is 19.9. The first kappa shape index (κ1) is 26.5. The lowest BCUT2D eigenvalue weighted by Gasteiger charge is -2.33. The van der Waals surface area contributed by atoms with Gasteiger partial charge in [-0.3, -0.25) is 19.2 Å². The number of amides is 2. The van der Waals surface area contributed by atoms with Crippen LogP contribution in [0.4, 0.5) is 4.79 Å². The summed E-state index contributed by atoms with van der Waals surface area (Å²) in [6.45, 7) is 9.56. The summed E-state index contributed by atoms with van der Waals surface area (Å²) in [6.07, 6.45) is 0.832. The molecule has 1 fully saturated rings. The number of unbranched alkanes of at least 4 members (excludes halogenated alkanes) is 1. The van der Waals surface area contributed by atoms with E-state index < -0.39 is 47.4 Å². The fourth-order valence-corrected chi connectivity index (χ4v) is 3.79. The average Bonchev–Trinajstić information content (AvgIpc) is 2.91. The number of hydrogen-bond donors (Lipinski definition) is 1. The van der Waals surface area contributed by atoms with Crippen molar-refractivity contribution in [2.45, 2.75) is 78.6 Å². The number of esters is 1. The van der Waals surface area contributed by atoms with Crippen LogP contribution in [0.3, 0.4) is 0 Å². The highest BCUT2D eigenvalue weighted by Crippen LogP contribution is 2.35. The Kier molecular flexibility index (Phi) is 9.55. The molecule has 0 spiro atoms. The maximum absolute atomic E-state index is 13.2. The number of imide groups is 1. The quantitative estimate of drug-likeness (QED) is 0.295. The van der Waals surface area contributed by atoms with E-state index in [1.165, 1.54) is 6.92 Å². The van der Waals surface area contributed by atoms with Crippen LogP contribution in [-0.4, -0.2) is 63.9 Å². The molecule has 3 atom stereocenters. The highest BCUT2D eigenvalue weighted by Gasteiger charge is 2.53. The number of rotatable bonds is 11. The van der Waals surface area contributed by atoms with Crippen LogP contribution in [0.5, 0.6) is 0 Å². The second kappa shape index (κ2) is 11.2. The van der Waals surface area contributed by atoms with E-state index in [4.69, 9.17) is 14.6 Å². The summed E-state index contributed by atoms with van der Waals surface area (Å²) >= 11 is 0. The van der Waals surface area contributed by atoms with Crippen molar-refractivity contribution < 1.29 is 38.6 Å². The average molecular weight is 440 g/mol. The van der Waals surface area contributed by atoms with Crippen molar-refractivity contribution in [2.75, 3.05) is 6.61 Å². The van der Waals surface area contributed by atoms with Gasteiger partial charge >= 0.3 is 12.1 Å². The molecule has 174 valence electrons. The van der Waals surface area contributed by atoms with Crippen LogP contribution in [0.25, 0.3) is 0 Å². The molecule has 0 radical (unpaired) electrons. The molecule has 1 rings (SSSR count). The number of aliphatic hydroxyl groups excluding tert-OH is 1. The molecule has 1 saturated heterocycles. The molecular weight excluding hydrogens is 406 g/mol. The second-order valence-electron chi connectivity index (χ2n) is 8.57. The van der Waals surface area contributed by atoms with Gasteiger partial charge in [-0.15, -0.1) is 0 Å². The molecule has 0 aromatic heterocycles. The molecular formula is C22H33NO8. The molecule has 0 aromatic carbocycles. The fourth-order valence-electron chi connectivity index (χ4n) is 3.79. The van der Waals surface area contributed by atoms with Crippen molar-refractivity contribution in [3.8, 4) is 0 Å². The molecule has 2 amide bonds. The zero-order valence-electron chi connectivity index (χ0n) is 19.0. The van der Waals surface area contributed by atoms with Crippen molar-refractivity contribution in [1.29, 1.82) is 0 Å². The van der Waals surface area contributed by atoms with Crippen LogP contribution in [0.1, 0.15) is 60.8 Å². The molecule has 0 aromatic rings. The summed E-state index contributed by atoms with van der Waals surface area (Å²) in [7, 11) is 0. The molecule has 31 heavy (non-hydrogen) atoms. The lowest BCUT2D eigenvalue weighted by molar-refractivity contribution is -0.158. The van der Waals surface area contributed by atoms with E-state index >= 15 is 0 Å². The Labute approximate surface area is 182 Å². The predicted molar refractivity (Wildman–Crippen MR) is 111 cm³/mol. The molecule has 1 aliphatic heterocycles. The Balaban J connectivity index is 3.06. The minimum absolute atomic E-state index is 0.0306. The minimum Gasteiger partial charge on any atom is -0.453 e. The van der Waals surface area contributed by atoms with Gasteiger partial charge in [0.2, 0.25) is 5.91 Å². The van der Waals surface area contributed by atoms with Crippen molar-refractivity contribution >= 4 is 29.5 Å². The smallest absolute Gasteiger partial charge is 0.417 e. The van der Waals surface area contributed by atoms with Gasteiger partial charge in [-0.25, -0.2) is 9.69 Å². The Bertz CT molecular complexity index is 740. The van der Waals surface area contributed by atoms with Crippen molar-refractivity contribution in [3.05, 3.63) is 12.2 Å². The Morgan fingerprint density at radius 3 is 2.29 bits per heavy atom. The van der Waals surface area contributed by atoms with Crippen LogP contribution in [0, 0.1) is 11.8 Å². The van der Waals surface area contributed by atoms with Crippen molar-refractivity contribution in [2.24, 2.45) is 11.8 Å². The molecule has 0 bridgehead atoms. The summed E-state index contributed by atoms with van der Waals surface area (Å²) in [6, 6.07) is -0.563. The van der Waals surface area contributed by atoms with Gasteiger partial charge in [0.1, 0.15) is 5.60 Å². The van der Waals surface area contributed by atoms with Gasteiger partial charge in [-0.05, 0) is 51.7 Å². The van der Waals surface area contributed by atoms with E-state index in [-0.39, 0.29) is 24.7 Å². The molecule has 0 aliphatic carbocycles. The first-order chi connectivity index (χ1) is 14.3. The standard InChI is InChI=1S/C22H33NO8/c1-13(2)19-22(5,6)31-21(29)23(19)20(28)14(3)18(30-15(4)25)17(27)11-10-16(26)9-7-8-12-24/h10-11,13-14,18-19,24H,7-9,12H2,1-6H3/t14-,18-,19-/m1/s1. The minimum atomic E-state index is -1.49. The van der Waals surface area contributed by atoms with Crippen LogP contribution in [0.15, 0.2) is 12.2 Å². The van der Waals surface area contributed by atoms with E-state index in [0.29, 0.717) is 12.8 Å². The van der Waals surface area contributed by atoms with Crippen LogP contribution >= 0.6 is 0 Å². The van der Waals surface area contributed by atoms with E-state index in [1.54, 1.807) is 13.8 Å². The van der Waals surface area contributed by atoms with E-state index in [9.17, 15) is 24.0 Å². The lowest BCUT2D eigenvalue weighted by atomic mass is 9.87. The zero-order valence-corrected chi connectivity index (χ0v) is 19.0. The maximum atomic E-state index is 13.2. The molecule has 1 heterocycles. The van der Waals surface area contributed by atoms with Crippen LogP contribution in [-0.2, 0) is 28.7 Å². The van der Waals surface area contributed by atoms with Gasteiger partial charge in [0.05, 0.1) is 12.0 Å². The maximum Gasteiger partial charge on any atom is 0.417 e. The summed E-state index contributed by atoms with van der Waals surface area (Å²) in [5, 5.41) is 8.76. The SMILES string of the molecule is CC(=O)O[C@@H](C(=O)C=CC(=O)CCCCO)[C@@H](C)C(=O)N1C(=O)OC(C)(C)[C@H]1C(C)C. The van der Waals surface area contributed by atoms with Gasteiger partial charge in [-0.1, -0.05) is 13.8 Å². The van der Waals surface area contributed by atoms with Gasteiger partial charge in [-0.2, -0.15) is 0 Å². The Morgan fingerprint density at radius 2 is 1.77 bits per heavy atom. The highest BCUT2D eigenvalue weighted by molar-refractivity contribution is 6.04. The number of ether oxygens (including phenoxy) is 2. The number of cyclic esters (lactones) is 1. The number of allylic oxidation sites excluding steroid dienone is 1. The third kappa shape index (κ3) is 6.99. The first-order valence-electron chi connectivity index (χ1n) is 10.4. The third-order valence-electron chi connectivity index (χ3n) is 5.09. The van der Waals surface area contributed by atoms with Crippen molar-refractivity contribution in [1.82, 2.24) is 4.90 Å². The summed E-state index contributed by atoms with van der Waals surface area (Å²) < 4.78 is 10.4. The van der Waals surface area contributed by atoms with Gasteiger partial charge in [0.15, 0.2) is 17.7 Å². The molecule has 1 N–H and O–H groups in total. The van der Waals surface area contributed by atoms with Crippen molar-refractivity contribution in [3.63, 3.8) is 0 Å². The van der Waals surface area contributed by atoms with E-state index in [2.05, 4.69) is 0 Å². The van der Waals surface area contributed by atoms with Gasteiger partial charge in [0.25, 0.3) is 0 Å². The summed E-state index contributed by atoms with van der Waals surface area (Å²) in [5.74, 6) is -3.82. The predicted octanol–water partition coefficient (Wildman–Crippen LogP) is 2.19. The molecule has 9 nitrogen and oxygen atoms in total. The number of hydrogen-bond acceptors (Lipinski definition) is 8. The summed E-state index contributed by atoms with van der Waals surface area (Å²) in [5.41, 5.74) is -0.914. The van der Waals surface area contributed by atoms with E-state index in [0.717, 1.165) is 24.0 Å². The number of nitrogens with zero attached hydrogens (tertiary/aromatic N) is 1. The van der Waals surface area contributed by atoms with Gasteiger partial charge in [0, 0.05) is 20.0 Å². The van der Waals surface area contributed by atoms with E-state index in [1.807, 2.05) is 13.8 Å². The lowest BCUT2D eigenvalue weighted by Crippen LogP contribution is -2.52. The Morgan fingerprint density at radius 1 is 1.16 bits per heavy atom. The largest absolute Gasteiger partial charge is 0.453 e. The fraction of sp³-hybridized carbons (Fsp3) is 0.682. The van der Waals surface area contributed by atoms with Crippen LogP contribution in [0.2, 0.25) is 0 Å². The molecule has 0 saturated carbocycles. The van der Waals surface area contributed by atoms with Crippen LogP contribution < -0.4 is 0 Å². The Hall–Kier alpha value is -2.55. The summed E-state index contributed by atoms with van der Waals surface area (Å²) in [4.78, 5) is 62.6. The number of carbonyl (C=O) groups excluding carboxylic acids is 5. The molecule has 0 unspecified atom stereocenters. The topological polar surface area (TPSA) is 127 Å². The first-order valence-corrected chi connectivity index (χ1v) is 10.4. The molecule has 1 aliphatic rings. The number of aliphatic hydroxyl groups is 1. The number of ketones is 2. The number of carbonyl (C=O) groups is 5. The third-order valence-corrected chi connectivity index (χ3v) is 5.09. The monoisotopic (exact) mass is 439 g/mol. The highest BCUT2D eigenvalue weighted by atomic mass is 16.6.